The van der Waals surface area contributed by atoms with Crippen molar-refractivity contribution in [3.63, 3.8) is 0 Å². The van der Waals surface area contributed by atoms with E-state index >= 15 is 0 Å². The highest BCUT2D eigenvalue weighted by atomic mass is 16.5. The van der Waals surface area contributed by atoms with E-state index < -0.39 is 5.97 Å². The van der Waals surface area contributed by atoms with Gasteiger partial charge in [-0.15, -0.1) is 0 Å². The molecule has 10 heavy (non-hydrogen) atoms. The van der Waals surface area contributed by atoms with E-state index in [1.807, 2.05) is 0 Å². The van der Waals surface area contributed by atoms with Crippen LogP contribution in [0.15, 0.2) is 24.5 Å². The zero-order chi connectivity index (χ0) is 7.98. The van der Waals surface area contributed by atoms with Gasteiger partial charge in [-0.2, -0.15) is 0 Å². The average molecular weight is 142 g/mol. The van der Waals surface area contributed by atoms with Crippen LogP contribution in [0.3, 0.4) is 0 Å². The molecule has 0 fully saturated rings. The topological polar surface area (TPSA) is 46.5 Å². The summed E-state index contributed by atoms with van der Waals surface area (Å²) in [4.78, 5) is 10.1. The van der Waals surface area contributed by atoms with Gasteiger partial charge >= 0.3 is 5.97 Å². The minimum absolute atomic E-state index is 0.182. The highest BCUT2D eigenvalue weighted by Gasteiger charge is 1.97. The number of carbonyl (C=O) groups is 1. The third-order valence-electron chi connectivity index (χ3n) is 0.812. The summed E-state index contributed by atoms with van der Waals surface area (Å²) in [5, 5.41) is 8.31. The van der Waals surface area contributed by atoms with Crippen LogP contribution in [0.1, 0.15) is 6.92 Å². The normalized spacial score (nSPS) is 10.7. The summed E-state index contributed by atoms with van der Waals surface area (Å²) < 4.78 is 4.74. The molecule has 0 saturated heterocycles. The molecule has 0 aliphatic carbocycles. The summed E-state index contributed by atoms with van der Waals surface area (Å²) in [5.41, 5.74) is 0.182. The number of rotatable bonds is 4. The fourth-order valence-corrected chi connectivity index (χ4v) is 0.292. The van der Waals surface area contributed by atoms with Crippen molar-refractivity contribution in [1.29, 1.82) is 0 Å². The fourth-order valence-electron chi connectivity index (χ4n) is 0.292. The van der Waals surface area contributed by atoms with Crippen LogP contribution in [0.5, 0.6) is 0 Å². The molecule has 0 atom stereocenters. The first kappa shape index (κ1) is 8.75. The SMILES string of the molecule is C=CCO/C=C(\C)C(=O)O. The van der Waals surface area contributed by atoms with Crippen LogP contribution in [-0.4, -0.2) is 17.7 Å². The van der Waals surface area contributed by atoms with E-state index in [1.54, 1.807) is 6.08 Å². The maximum atomic E-state index is 10.1. The molecule has 0 radical (unpaired) electrons. The van der Waals surface area contributed by atoms with E-state index in [2.05, 4.69) is 6.58 Å². The van der Waals surface area contributed by atoms with Gasteiger partial charge < -0.3 is 9.84 Å². The predicted octanol–water partition coefficient (Wildman–Crippen LogP) is 1.18. The molecule has 0 aliphatic heterocycles. The lowest BCUT2D eigenvalue weighted by Gasteiger charge is -1.94. The van der Waals surface area contributed by atoms with Crippen LogP contribution >= 0.6 is 0 Å². The van der Waals surface area contributed by atoms with Gasteiger partial charge in [0.05, 0.1) is 11.8 Å². The Hall–Kier alpha value is -1.25. The van der Waals surface area contributed by atoms with Gasteiger partial charge in [0.2, 0.25) is 0 Å². The Balaban J connectivity index is 3.68. The van der Waals surface area contributed by atoms with Gasteiger partial charge in [-0.3, -0.25) is 0 Å². The fraction of sp³-hybridized carbons (Fsp3) is 0.286. The monoisotopic (exact) mass is 142 g/mol. The van der Waals surface area contributed by atoms with E-state index in [0.717, 1.165) is 0 Å². The molecule has 0 aliphatic rings. The number of aliphatic carboxylic acids is 1. The molecule has 0 unspecified atom stereocenters. The van der Waals surface area contributed by atoms with Crippen molar-refractivity contribution in [2.45, 2.75) is 6.92 Å². The molecule has 3 heteroatoms. The van der Waals surface area contributed by atoms with Gasteiger partial charge in [-0.1, -0.05) is 12.7 Å². The van der Waals surface area contributed by atoms with Crippen LogP contribution in [0.25, 0.3) is 0 Å². The molecule has 56 valence electrons. The summed E-state index contributed by atoms with van der Waals surface area (Å²) in [6.45, 7) is 5.20. The van der Waals surface area contributed by atoms with Gasteiger partial charge in [-0.05, 0) is 6.92 Å². The standard InChI is InChI=1S/C7H10O3/c1-3-4-10-5-6(2)7(8)9/h3,5H,1,4H2,2H3,(H,8,9)/b6-5+. The van der Waals surface area contributed by atoms with Gasteiger partial charge in [0.1, 0.15) is 6.61 Å². The van der Waals surface area contributed by atoms with E-state index in [9.17, 15) is 4.79 Å². The number of hydrogen-bond acceptors (Lipinski definition) is 2. The second-order valence-corrected chi connectivity index (χ2v) is 1.73. The van der Waals surface area contributed by atoms with Crippen molar-refractivity contribution < 1.29 is 14.6 Å². The summed E-state index contributed by atoms with van der Waals surface area (Å²) in [6, 6.07) is 0. The zero-order valence-electron chi connectivity index (χ0n) is 5.83. The molecule has 1 N–H and O–H groups in total. The molecule has 0 bridgehead atoms. The zero-order valence-corrected chi connectivity index (χ0v) is 5.83. The van der Waals surface area contributed by atoms with Crippen molar-refractivity contribution in [2.75, 3.05) is 6.61 Å². The Morgan fingerprint density at radius 3 is 2.80 bits per heavy atom. The molecule has 0 spiro atoms. The number of hydrogen-bond donors (Lipinski definition) is 1. The van der Waals surface area contributed by atoms with Crippen LogP contribution in [-0.2, 0) is 9.53 Å². The molecule has 0 heterocycles. The first-order chi connectivity index (χ1) is 4.68. The van der Waals surface area contributed by atoms with Crippen LogP contribution in [0.2, 0.25) is 0 Å². The molecule has 0 rings (SSSR count). The highest BCUT2D eigenvalue weighted by molar-refractivity contribution is 5.85. The Kier molecular flexibility index (Phi) is 4.04. The smallest absolute Gasteiger partial charge is 0.334 e. The number of ether oxygens (including phenoxy) is 1. The van der Waals surface area contributed by atoms with Crippen LogP contribution < -0.4 is 0 Å². The van der Waals surface area contributed by atoms with E-state index in [4.69, 9.17) is 9.84 Å². The summed E-state index contributed by atoms with van der Waals surface area (Å²) in [7, 11) is 0. The van der Waals surface area contributed by atoms with Crippen molar-refractivity contribution in [1.82, 2.24) is 0 Å². The second kappa shape index (κ2) is 4.61. The molecule has 0 aromatic rings. The molecule has 0 aromatic carbocycles. The van der Waals surface area contributed by atoms with Crippen molar-refractivity contribution >= 4 is 5.97 Å². The largest absolute Gasteiger partial charge is 0.497 e. The number of carboxylic acid groups (broad SMARTS) is 1. The van der Waals surface area contributed by atoms with Crippen LogP contribution in [0, 0.1) is 0 Å². The molecule has 0 saturated carbocycles. The van der Waals surface area contributed by atoms with Gasteiger partial charge in [0, 0.05) is 0 Å². The van der Waals surface area contributed by atoms with Gasteiger partial charge in [0.15, 0.2) is 0 Å². The summed E-state index contributed by atoms with van der Waals surface area (Å²) >= 11 is 0. The lowest BCUT2D eigenvalue weighted by atomic mass is 10.3. The molecule has 0 amide bonds. The maximum absolute atomic E-state index is 10.1. The Morgan fingerprint density at radius 2 is 2.40 bits per heavy atom. The van der Waals surface area contributed by atoms with Crippen molar-refractivity contribution in [3.8, 4) is 0 Å². The average Bonchev–Trinajstić information content (AvgIpc) is 1.88. The second-order valence-electron chi connectivity index (χ2n) is 1.73. The Morgan fingerprint density at radius 1 is 1.80 bits per heavy atom. The minimum Gasteiger partial charge on any atom is -0.497 e. The highest BCUT2D eigenvalue weighted by Crippen LogP contribution is 1.91. The maximum Gasteiger partial charge on any atom is 0.334 e. The van der Waals surface area contributed by atoms with Crippen LogP contribution in [0.4, 0.5) is 0 Å². The van der Waals surface area contributed by atoms with E-state index in [0.29, 0.717) is 6.61 Å². The van der Waals surface area contributed by atoms with E-state index in [-0.39, 0.29) is 5.57 Å². The predicted molar refractivity (Wildman–Crippen MR) is 37.5 cm³/mol. The van der Waals surface area contributed by atoms with Crippen molar-refractivity contribution in [2.24, 2.45) is 0 Å². The van der Waals surface area contributed by atoms with Gasteiger partial charge in [0.25, 0.3) is 0 Å². The van der Waals surface area contributed by atoms with E-state index in [1.165, 1.54) is 13.2 Å². The first-order valence-corrected chi connectivity index (χ1v) is 2.81. The lowest BCUT2D eigenvalue weighted by Crippen LogP contribution is -1.96. The quantitative estimate of drug-likeness (QED) is 0.277. The summed E-state index contributed by atoms with van der Waals surface area (Å²) in [6.07, 6.45) is 2.75. The van der Waals surface area contributed by atoms with Crippen molar-refractivity contribution in [3.05, 3.63) is 24.5 Å². The lowest BCUT2D eigenvalue weighted by molar-refractivity contribution is -0.132. The summed E-state index contributed by atoms with van der Waals surface area (Å²) in [5.74, 6) is -0.968. The van der Waals surface area contributed by atoms with Gasteiger partial charge in [-0.25, -0.2) is 4.79 Å². The Labute approximate surface area is 59.6 Å². The minimum atomic E-state index is -0.968. The number of carboxylic acids is 1. The third-order valence-corrected chi connectivity index (χ3v) is 0.812. The Bertz CT molecular complexity index is 158. The molecular weight excluding hydrogens is 132 g/mol. The third kappa shape index (κ3) is 3.72. The molecule has 0 aromatic heterocycles. The molecule has 3 nitrogen and oxygen atoms in total. The first-order valence-electron chi connectivity index (χ1n) is 2.81. The molecular formula is C7H10O3.